The van der Waals surface area contributed by atoms with Gasteiger partial charge in [-0.2, -0.15) is 0 Å². The average Bonchev–Trinajstić information content (AvgIpc) is 2.81. The van der Waals surface area contributed by atoms with Gasteiger partial charge in [-0.15, -0.1) is 0 Å². The van der Waals surface area contributed by atoms with Crippen LogP contribution in [-0.2, 0) is 13.1 Å². The first kappa shape index (κ1) is 13.3. The molecule has 1 heterocycles. The standard InChI is InChI=1S/C18H22N2/c1-13-7-14(2)9-17(8-13)18(10-19)20-11-15-5-3-4-6-16(15)12-20/h3-9,18H,10-12,19H2,1-2H3. The van der Waals surface area contributed by atoms with Crippen molar-refractivity contribution in [3.63, 3.8) is 0 Å². The van der Waals surface area contributed by atoms with E-state index in [1.165, 1.54) is 27.8 Å². The fourth-order valence-electron chi connectivity index (χ4n) is 3.28. The Morgan fingerprint density at radius 3 is 2.05 bits per heavy atom. The lowest BCUT2D eigenvalue weighted by Gasteiger charge is -2.27. The molecule has 1 aliphatic heterocycles. The van der Waals surface area contributed by atoms with E-state index in [1.54, 1.807) is 0 Å². The Morgan fingerprint density at radius 2 is 1.55 bits per heavy atom. The molecule has 0 radical (unpaired) electrons. The largest absolute Gasteiger partial charge is 0.329 e. The zero-order chi connectivity index (χ0) is 14.1. The average molecular weight is 266 g/mol. The van der Waals surface area contributed by atoms with Gasteiger partial charge in [-0.1, -0.05) is 53.6 Å². The van der Waals surface area contributed by atoms with Crippen molar-refractivity contribution in [1.82, 2.24) is 4.90 Å². The van der Waals surface area contributed by atoms with Crippen molar-refractivity contribution >= 4 is 0 Å². The number of hydrogen-bond donors (Lipinski definition) is 1. The molecule has 2 aromatic carbocycles. The van der Waals surface area contributed by atoms with Gasteiger partial charge in [0, 0.05) is 25.7 Å². The van der Waals surface area contributed by atoms with E-state index >= 15 is 0 Å². The van der Waals surface area contributed by atoms with Crippen molar-refractivity contribution in [1.29, 1.82) is 0 Å². The Bertz CT molecular complexity index is 573. The van der Waals surface area contributed by atoms with Gasteiger partial charge in [0.25, 0.3) is 0 Å². The molecule has 2 nitrogen and oxygen atoms in total. The summed E-state index contributed by atoms with van der Waals surface area (Å²) in [7, 11) is 0. The first-order chi connectivity index (χ1) is 9.67. The van der Waals surface area contributed by atoms with Crippen LogP contribution in [0.5, 0.6) is 0 Å². The molecule has 0 fully saturated rings. The predicted molar refractivity (Wildman–Crippen MR) is 83.4 cm³/mol. The van der Waals surface area contributed by atoms with Gasteiger partial charge in [0.05, 0.1) is 0 Å². The normalized spacial score (nSPS) is 16.1. The van der Waals surface area contributed by atoms with Crippen LogP contribution >= 0.6 is 0 Å². The maximum Gasteiger partial charge on any atom is 0.0477 e. The van der Waals surface area contributed by atoms with E-state index in [9.17, 15) is 0 Å². The van der Waals surface area contributed by atoms with E-state index in [0.29, 0.717) is 12.6 Å². The van der Waals surface area contributed by atoms with Crippen molar-refractivity contribution in [2.75, 3.05) is 6.54 Å². The lowest BCUT2D eigenvalue weighted by Crippen LogP contribution is -2.29. The van der Waals surface area contributed by atoms with Crippen LogP contribution in [-0.4, -0.2) is 11.4 Å². The van der Waals surface area contributed by atoms with Crippen LogP contribution < -0.4 is 5.73 Å². The summed E-state index contributed by atoms with van der Waals surface area (Å²) < 4.78 is 0. The third kappa shape index (κ3) is 2.49. The molecule has 0 saturated heterocycles. The molecule has 2 heteroatoms. The first-order valence-corrected chi connectivity index (χ1v) is 7.26. The number of nitrogens with two attached hydrogens (primary N) is 1. The predicted octanol–water partition coefficient (Wildman–Crippen LogP) is 3.32. The van der Waals surface area contributed by atoms with E-state index in [4.69, 9.17) is 5.73 Å². The molecule has 0 spiro atoms. The van der Waals surface area contributed by atoms with E-state index in [1.807, 2.05) is 0 Å². The molecule has 0 aliphatic carbocycles. The van der Waals surface area contributed by atoms with Gasteiger partial charge in [-0.05, 0) is 30.5 Å². The fourth-order valence-corrected chi connectivity index (χ4v) is 3.28. The third-order valence-corrected chi connectivity index (χ3v) is 4.16. The van der Waals surface area contributed by atoms with Crippen molar-refractivity contribution in [3.05, 3.63) is 70.3 Å². The second kappa shape index (κ2) is 5.39. The number of aryl methyl sites for hydroxylation is 2. The number of nitrogens with zero attached hydrogens (tertiary/aromatic N) is 1. The summed E-state index contributed by atoms with van der Waals surface area (Å²) in [5.74, 6) is 0. The van der Waals surface area contributed by atoms with Crippen LogP contribution in [0.4, 0.5) is 0 Å². The topological polar surface area (TPSA) is 29.3 Å². The first-order valence-electron chi connectivity index (χ1n) is 7.26. The molecule has 1 atom stereocenters. The summed E-state index contributed by atoms with van der Waals surface area (Å²) in [4.78, 5) is 2.48. The molecule has 104 valence electrons. The molecule has 1 aliphatic rings. The fraction of sp³-hybridized carbons (Fsp3) is 0.333. The molecule has 1 unspecified atom stereocenters. The second-order valence-corrected chi connectivity index (χ2v) is 5.85. The smallest absolute Gasteiger partial charge is 0.0477 e. The highest BCUT2D eigenvalue weighted by atomic mass is 15.2. The molecular formula is C18H22N2. The van der Waals surface area contributed by atoms with Gasteiger partial charge in [-0.3, -0.25) is 4.90 Å². The summed E-state index contributed by atoms with van der Waals surface area (Å²) in [6, 6.07) is 15.8. The summed E-state index contributed by atoms with van der Waals surface area (Å²) in [6.45, 7) is 6.98. The zero-order valence-corrected chi connectivity index (χ0v) is 12.3. The Morgan fingerprint density at radius 1 is 1.00 bits per heavy atom. The van der Waals surface area contributed by atoms with Crippen LogP contribution in [0.2, 0.25) is 0 Å². The van der Waals surface area contributed by atoms with Gasteiger partial charge < -0.3 is 5.73 Å². The van der Waals surface area contributed by atoms with Crippen molar-refractivity contribution in [2.45, 2.75) is 33.0 Å². The maximum atomic E-state index is 6.08. The Hall–Kier alpha value is -1.64. The molecule has 0 bridgehead atoms. The second-order valence-electron chi connectivity index (χ2n) is 5.85. The van der Waals surface area contributed by atoms with E-state index < -0.39 is 0 Å². The van der Waals surface area contributed by atoms with Crippen LogP contribution in [0.1, 0.15) is 33.9 Å². The van der Waals surface area contributed by atoms with Crippen LogP contribution in [0.15, 0.2) is 42.5 Å². The maximum absolute atomic E-state index is 6.08. The van der Waals surface area contributed by atoms with Crippen LogP contribution in [0.3, 0.4) is 0 Å². The number of benzene rings is 2. The number of hydrogen-bond acceptors (Lipinski definition) is 2. The minimum atomic E-state index is 0.306. The van der Waals surface area contributed by atoms with Gasteiger partial charge >= 0.3 is 0 Å². The van der Waals surface area contributed by atoms with Crippen LogP contribution in [0.25, 0.3) is 0 Å². The lowest BCUT2D eigenvalue weighted by atomic mass is 10.0. The Labute approximate surface area is 121 Å². The van der Waals surface area contributed by atoms with Gasteiger partial charge in [0.1, 0.15) is 0 Å². The quantitative estimate of drug-likeness (QED) is 0.923. The minimum absolute atomic E-state index is 0.306. The summed E-state index contributed by atoms with van der Waals surface area (Å²) in [6.07, 6.45) is 0. The molecule has 0 aromatic heterocycles. The molecule has 2 aromatic rings. The molecule has 0 amide bonds. The minimum Gasteiger partial charge on any atom is -0.329 e. The molecule has 0 saturated carbocycles. The summed E-state index contributed by atoms with van der Waals surface area (Å²) in [5.41, 5.74) is 12.9. The SMILES string of the molecule is Cc1cc(C)cc(C(CN)N2Cc3ccccc3C2)c1. The zero-order valence-electron chi connectivity index (χ0n) is 12.3. The molecule has 20 heavy (non-hydrogen) atoms. The Kier molecular flexibility index (Phi) is 3.60. The Balaban J connectivity index is 1.88. The highest BCUT2D eigenvalue weighted by Crippen LogP contribution is 2.31. The van der Waals surface area contributed by atoms with Crippen molar-refractivity contribution < 1.29 is 0 Å². The molecular weight excluding hydrogens is 244 g/mol. The molecule has 3 rings (SSSR count). The van der Waals surface area contributed by atoms with Crippen molar-refractivity contribution in [2.24, 2.45) is 5.73 Å². The van der Waals surface area contributed by atoms with E-state index in [-0.39, 0.29) is 0 Å². The van der Waals surface area contributed by atoms with Gasteiger partial charge in [0.2, 0.25) is 0 Å². The monoisotopic (exact) mass is 266 g/mol. The van der Waals surface area contributed by atoms with Gasteiger partial charge in [0.15, 0.2) is 0 Å². The van der Waals surface area contributed by atoms with Gasteiger partial charge in [-0.25, -0.2) is 0 Å². The summed E-state index contributed by atoms with van der Waals surface area (Å²) >= 11 is 0. The van der Waals surface area contributed by atoms with E-state index in [2.05, 4.69) is 61.2 Å². The highest BCUT2D eigenvalue weighted by molar-refractivity contribution is 5.34. The van der Waals surface area contributed by atoms with E-state index in [0.717, 1.165) is 13.1 Å². The van der Waals surface area contributed by atoms with Crippen molar-refractivity contribution in [3.8, 4) is 0 Å². The number of fused-ring (bicyclic) bond motifs is 1. The summed E-state index contributed by atoms with van der Waals surface area (Å²) in [5, 5.41) is 0. The lowest BCUT2D eigenvalue weighted by molar-refractivity contribution is 0.205. The highest BCUT2D eigenvalue weighted by Gasteiger charge is 2.25. The molecule has 2 N–H and O–H groups in total. The third-order valence-electron chi connectivity index (χ3n) is 4.16. The van der Waals surface area contributed by atoms with Crippen LogP contribution in [0, 0.1) is 13.8 Å². The number of rotatable bonds is 3.